The summed E-state index contributed by atoms with van der Waals surface area (Å²) in [7, 11) is 0. The number of aliphatic hydroxyl groups is 1. The minimum atomic E-state index is -0.519. The van der Waals surface area contributed by atoms with Crippen LogP contribution in [0.15, 0.2) is 23.3 Å². The van der Waals surface area contributed by atoms with E-state index >= 15 is 0 Å². The second-order valence-corrected chi connectivity index (χ2v) is 6.63. The van der Waals surface area contributed by atoms with Crippen molar-refractivity contribution in [3.8, 4) is 0 Å². The zero-order valence-electron chi connectivity index (χ0n) is 11.9. The third-order valence-corrected chi connectivity index (χ3v) is 5.19. The Morgan fingerprint density at radius 3 is 2.33 bits per heavy atom. The molecule has 0 bridgehead atoms. The Bertz CT molecular complexity index is 568. The van der Waals surface area contributed by atoms with Gasteiger partial charge in [0.1, 0.15) is 5.57 Å². The summed E-state index contributed by atoms with van der Waals surface area (Å²) >= 11 is 1.37. The smallest absolute Gasteiger partial charge is 0.296 e. The second kappa shape index (κ2) is 6.02. The Hall–Kier alpha value is -1.62. The number of carbonyl (C=O) groups is 2. The number of nitrogens with zero attached hydrogens (tertiary/aromatic N) is 1. The van der Waals surface area contributed by atoms with E-state index in [1.165, 1.54) is 22.7 Å². The molecule has 0 aromatic carbocycles. The van der Waals surface area contributed by atoms with Crippen molar-refractivity contribution >= 4 is 28.7 Å². The molecule has 2 aliphatic rings. The van der Waals surface area contributed by atoms with Crippen LogP contribution < -0.4 is 0 Å². The molecular formula is C16H19NO3S. The first kappa shape index (κ1) is 14.3. The maximum Gasteiger partial charge on any atom is 0.296 e. The molecule has 1 fully saturated rings. The highest BCUT2D eigenvalue weighted by Crippen LogP contribution is 2.34. The average molecular weight is 305 g/mol. The third kappa shape index (κ3) is 2.62. The van der Waals surface area contributed by atoms with Crippen LogP contribution in [0.2, 0.25) is 0 Å². The number of rotatable bonds is 2. The standard InChI is InChI=1S/C16H19NO3S/c18-14-13(12-9-6-10-21-12)15(19)17(16(14)20)11-7-4-2-1-3-5-8-11/h6,9-11,18H,1-5,7-8H2. The van der Waals surface area contributed by atoms with Crippen LogP contribution in [-0.4, -0.2) is 27.9 Å². The number of imide groups is 1. The van der Waals surface area contributed by atoms with Crippen molar-refractivity contribution < 1.29 is 14.7 Å². The Morgan fingerprint density at radius 2 is 1.71 bits per heavy atom. The van der Waals surface area contributed by atoms with Gasteiger partial charge in [-0.2, -0.15) is 0 Å². The molecule has 1 aromatic rings. The van der Waals surface area contributed by atoms with E-state index < -0.39 is 5.91 Å². The van der Waals surface area contributed by atoms with E-state index in [-0.39, 0.29) is 23.3 Å². The average Bonchev–Trinajstić information content (AvgIpc) is 3.00. The van der Waals surface area contributed by atoms with Crippen LogP contribution in [0.25, 0.3) is 5.57 Å². The van der Waals surface area contributed by atoms with Crippen molar-refractivity contribution in [1.29, 1.82) is 0 Å². The lowest BCUT2D eigenvalue weighted by molar-refractivity contribution is -0.141. The first-order chi connectivity index (χ1) is 10.2. The Kier molecular flexibility index (Phi) is 4.10. The molecule has 2 heterocycles. The van der Waals surface area contributed by atoms with Crippen LogP contribution >= 0.6 is 11.3 Å². The fourth-order valence-electron chi connectivity index (χ4n) is 3.20. The molecule has 3 rings (SSSR count). The molecule has 0 unspecified atom stereocenters. The fourth-order valence-corrected chi connectivity index (χ4v) is 3.97. The van der Waals surface area contributed by atoms with E-state index in [1.54, 1.807) is 6.07 Å². The molecule has 1 aliphatic heterocycles. The number of carbonyl (C=O) groups excluding carboxylic acids is 2. The van der Waals surface area contributed by atoms with Crippen molar-refractivity contribution in [3.05, 3.63) is 28.1 Å². The zero-order valence-corrected chi connectivity index (χ0v) is 12.7. The molecule has 1 aromatic heterocycles. The Morgan fingerprint density at radius 1 is 1.05 bits per heavy atom. The summed E-state index contributed by atoms with van der Waals surface area (Å²) in [6.07, 6.45) is 7.32. The van der Waals surface area contributed by atoms with E-state index in [2.05, 4.69) is 0 Å². The van der Waals surface area contributed by atoms with E-state index in [4.69, 9.17) is 0 Å². The first-order valence-electron chi connectivity index (χ1n) is 7.55. The summed E-state index contributed by atoms with van der Waals surface area (Å²) in [5.41, 5.74) is 0.178. The molecule has 1 saturated carbocycles. The molecule has 112 valence electrons. The highest BCUT2D eigenvalue weighted by atomic mass is 32.1. The Labute approximate surface area is 128 Å². The highest BCUT2D eigenvalue weighted by Gasteiger charge is 2.43. The zero-order chi connectivity index (χ0) is 14.8. The summed E-state index contributed by atoms with van der Waals surface area (Å²) in [5.74, 6) is -1.23. The molecule has 1 aliphatic carbocycles. The van der Waals surface area contributed by atoms with Crippen LogP contribution in [0.5, 0.6) is 0 Å². The quantitative estimate of drug-likeness (QED) is 0.851. The van der Waals surface area contributed by atoms with Gasteiger partial charge in [0.25, 0.3) is 11.8 Å². The molecule has 5 heteroatoms. The molecule has 0 atom stereocenters. The lowest BCUT2D eigenvalue weighted by Gasteiger charge is -2.28. The lowest BCUT2D eigenvalue weighted by atomic mass is 9.95. The molecule has 21 heavy (non-hydrogen) atoms. The van der Waals surface area contributed by atoms with Gasteiger partial charge in [0.05, 0.1) is 0 Å². The normalized spacial score (nSPS) is 21.8. The highest BCUT2D eigenvalue weighted by molar-refractivity contribution is 7.11. The molecule has 2 amide bonds. The van der Waals surface area contributed by atoms with Crippen molar-refractivity contribution in [2.24, 2.45) is 0 Å². The van der Waals surface area contributed by atoms with Gasteiger partial charge < -0.3 is 5.11 Å². The van der Waals surface area contributed by atoms with Crippen LogP contribution in [0, 0.1) is 0 Å². The van der Waals surface area contributed by atoms with Crippen molar-refractivity contribution in [1.82, 2.24) is 4.90 Å². The summed E-state index contributed by atoms with van der Waals surface area (Å²) in [6.45, 7) is 0. The summed E-state index contributed by atoms with van der Waals surface area (Å²) in [4.78, 5) is 26.9. The van der Waals surface area contributed by atoms with E-state index in [0.717, 1.165) is 38.5 Å². The van der Waals surface area contributed by atoms with Crippen molar-refractivity contribution in [2.45, 2.75) is 51.0 Å². The number of hydrogen-bond acceptors (Lipinski definition) is 4. The SMILES string of the molecule is O=C1C(O)=C(c2cccs2)C(=O)N1C1CCCCCCC1. The van der Waals surface area contributed by atoms with Gasteiger partial charge in [0.15, 0.2) is 5.76 Å². The van der Waals surface area contributed by atoms with E-state index in [9.17, 15) is 14.7 Å². The molecule has 4 nitrogen and oxygen atoms in total. The minimum absolute atomic E-state index is 0.0649. The van der Waals surface area contributed by atoms with Crippen molar-refractivity contribution in [2.75, 3.05) is 0 Å². The number of aliphatic hydroxyl groups excluding tert-OH is 1. The predicted octanol–water partition coefficient (Wildman–Crippen LogP) is 3.50. The lowest BCUT2D eigenvalue weighted by Crippen LogP contribution is -2.41. The molecule has 1 N–H and O–H groups in total. The summed E-state index contributed by atoms with van der Waals surface area (Å²) < 4.78 is 0. The van der Waals surface area contributed by atoms with Gasteiger partial charge >= 0.3 is 0 Å². The van der Waals surface area contributed by atoms with Crippen LogP contribution in [0.4, 0.5) is 0 Å². The van der Waals surface area contributed by atoms with Crippen LogP contribution in [0.3, 0.4) is 0 Å². The number of amides is 2. The molecular weight excluding hydrogens is 286 g/mol. The summed E-state index contributed by atoms with van der Waals surface area (Å²) in [5, 5.41) is 11.9. The largest absolute Gasteiger partial charge is 0.502 e. The van der Waals surface area contributed by atoms with Gasteiger partial charge in [0.2, 0.25) is 0 Å². The molecule has 0 spiro atoms. The van der Waals surface area contributed by atoms with Crippen LogP contribution in [0.1, 0.15) is 49.8 Å². The number of thiophene rings is 1. The van der Waals surface area contributed by atoms with E-state index in [1.807, 2.05) is 11.4 Å². The van der Waals surface area contributed by atoms with Gasteiger partial charge in [-0.05, 0) is 24.3 Å². The van der Waals surface area contributed by atoms with Gasteiger partial charge in [0, 0.05) is 10.9 Å². The maximum absolute atomic E-state index is 12.6. The van der Waals surface area contributed by atoms with Crippen molar-refractivity contribution in [3.63, 3.8) is 0 Å². The van der Waals surface area contributed by atoms with Gasteiger partial charge in [-0.3, -0.25) is 14.5 Å². The van der Waals surface area contributed by atoms with Crippen LogP contribution in [-0.2, 0) is 9.59 Å². The molecule has 0 saturated heterocycles. The first-order valence-corrected chi connectivity index (χ1v) is 8.43. The monoisotopic (exact) mass is 305 g/mol. The number of hydrogen-bond donors (Lipinski definition) is 1. The topological polar surface area (TPSA) is 57.6 Å². The predicted molar refractivity (Wildman–Crippen MR) is 81.8 cm³/mol. The molecule has 0 radical (unpaired) electrons. The maximum atomic E-state index is 12.6. The van der Waals surface area contributed by atoms with Gasteiger partial charge in [-0.1, -0.05) is 38.2 Å². The second-order valence-electron chi connectivity index (χ2n) is 5.68. The van der Waals surface area contributed by atoms with E-state index in [0.29, 0.717) is 4.88 Å². The van der Waals surface area contributed by atoms with Gasteiger partial charge in [-0.15, -0.1) is 11.3 Å². The minimum Gasteiger partial charge on any atom is -0.502 e. The Balaban J connectivity index is 1.85. The fraction of sp³-hybridized carbons (Fsp3) is 0.500. The third-order valence-electron chi connectivity index (χ3n) is 4.30. The summed E-state index contributed by atoms with van der Waals surface area (Å²) in [6, 6.07) is 3.52. The van der Waals surface area contributed by atoms with Gasteiger partial charge in [-0.25, -0.2) is 0 Å².